The van der Waals surface area contributed by atoms with Crippen molar-refractivity contribution in [3.05, 3.63) is 48.6 Å². The Bertz CT molecular complexity index is 1450. The van der Waals surface area contributed by atoms with Crippen LogP contribution in [-0.2, 0) is 19.1 Å². The SMILES string of the molecule is CCCCCCC/C=C\C/C=C\C/C=C\CCCCCCCCCCCCCCCCCCCCCCCCCCCCC(=O)OC(CO)COC(=O)CCCCCCCCCCCCCCCCCCCCCCC/C=C\CCCCCCCCCC. The summed E-state index contributed by atoms with van der Waals surface area (Å²) in [5.41, 5.74) is 0. The number of allylic oxidation sites excluding steroid dienone is 8. The quantitative estimate of drug-likeness (QED) is 0.0373. The van der Waals surface area contributed by atoms with Gasteiger partial charge in [-0.2, -0.15) is 0 Å². The van der Waals surface area contributed by atoms with E-state index in [0.29, 0.717) is 12.8 Å². The average Bonchev–Trinajstić information content (AvgIpc) is 3.56. The van der Waals surface area contributed by atoms with Crippen LogP contribution >= 0.6 is 0 Å². The van der Waals surface area contributed by atoms with Crippen molar-refractivity contribution in [1.82, 2.24) is 0 Å². The van der Waals surface area contributed by atoms with Crippen molar-refractivity contribution in [3.63, 3.8) is 0 Å². The van der Waals surface area contributed by atoms with E-state index in [1.165, 1.54) is 379 Å². The Morgan fingerprint density at radius 3 is 0.693 bits per heavy atom. The largest absolute Gasteiger partial charge is 0.462 e. The number of hydrogen-bond donors (Lipinski definition) is 1. The van der Waals surface area contributed by atoms with Crippen LogP contribution in [0.3, 0.4) is 0 Å². The second-order valence-electron chi connectivity index (χ2n) is 27.5. The fourth-order valence-electron chi connectivity index (χ4n) is 12.6. The Morgan fingerprint density at radius 2 is 0.455 bits per heavy atom. The molecule has 1 unspecified atom stereocenters. The number of rotatable bonds is 76. The van der Waals surface area contributed by atoms with Crippen LogP contribution in [0, 0.1) is 0 Å². The Hall–Kier alpha value is -2.14. The standard InChI is InChI=1S/C83H156O5/c1-3-5-7-9-11-13-15-17-19-21-23-25-27-29-31-33-35-37-38-39-40-41-42-43-44-46-48-50-52-54-56-58-60-62-64-66-68-70-72-74-76-78-83(86)88-81(79-84)80-87-82(85)77-75-73-71-69-67-65-63-61-59-57-55-53-51-49-47-45-36-34-32-30-28-26-24-22-20-18-16-14-12-10-8-6-4-2/h15,17,21-24,27,29,81,84H,3-14,16,18-20,25-26,28,30-80H2,1-2H3/b17-15-,23-21-,24-22-,29-27-. The molecule has 0 amide bonds. The Balaban J connectivity index is 3.36. The van der Waals surface area contributed by atoms with E-state index in [2.05, 4.69) is 62.5 Å². The lowest BCUT2D eigenvalue weighted by Crippen LogP contribution is -2.28. The molecule has 0 saturated carbocycles. The maximum Gasteiger partial charge on any atom is 0.306 e. The molecule has 0 radical (unpaired) electrons. The molecule has 0 aromatic heterocycles. The highest BCUT2D eigenvalue weighted by atomic mass is 16.6. The minimum atomic E-state index is -0.770. The summed E-state index contributed by atoms with van der Waals surface area (Å²) >= 11 is 0. The number of hydrogen-bond acceptors (Lipinski definition) is 5. The Labute approximate surface area is 551 Å². The highest BCUT2D eigenvalue weighted by molar-refractivity contribution is 5.70. The predicted octanol–water partition coefficient (Wildman–Crippen LogP) is 28.2. The minimum absolute atomic E-state index is 0.0587. The van der Waals surface area contributed by atoms with Crippen LogP contribution in [0.1, 0.15) is 450 Å². The summed E-state index contributed by atoms with van der Waals surface area (Å²) in [6.07, 6.45) is 108. The molecule has 0 aliphatic heterocycles. The molecule has 0 heterocycles. The number of ether oxygens (including phenoxy) is 2. The highest BCUT2D eigenvalue weighted by Gasteiger charge is 2.16. The zero-order chi connectivity index (χ0) is 63.3. The topological polar surface area (TPSA) is 72.8 Å². The zero-order valence-electron chi connectivity index (χ0n) is 59.8. The maximum absolute atomic E-state index is 12.4. The molecule has 0 aromatic carbocycles. The summed E-state index contributed by atoms with van der Waals surface area (Å²) in [5.74, 6) is -0.562. The van der Waals surface area contributed by atoms with Crippen LogP contribution in [0.15, 0.2) is 48.6 Å². The van der Waals surface area contributed by atoms with E-state index < -0.39 is 6.10 Å². The van der Waals surface area contributed by atoms with Crippen molar-refractivity contribution in [2.24, 2.45) is 0 Å². The molecule has 88 heavy (non-hydrogen) atoms. The van der Waals surface area contributed by atoms with E-state index in [-0.39, 0.29) is 25.2 Å². The van der Waals surface area contributed by atoms with E-state index in [1.54, 1.807) is 0 Å². The van der Waals surface area contributed by atoms with Crippen molar-refractivity contribution in [3.8, 4) is 0 Å². The summed E-state index contributed by atoms with van der Waals surface area (Å²) < 4.78 is 10.8. The molecule has 518 valence electrons. The number of aliphatic hydroxyl groups excluding tert-OH is 1. The van der Waals surface area contributed by atoms with Gasteiger partial charge in [-0.3, -0.25) is 9.59 Å². The highest BCUT2D eigenvalue weighted by Crippen LogP contribution is 2.20. The summed E-state index contributed by atoms with van der Waals surface area (Å²) in [4.78, 5) is 24.7. The lowest BCUT2D eigenvalue weighted by molar-refractivity contribution is -0.161. The summed E-state index contributed by atoms with van der Waals surface area (Å²) in [7, 11) is 0. The first-order valence-electron chi connectivity index (χ1n) is 40.2. The fourth-order valence-corrected chi connectivity index (χ4v) is 12.6. The van der Waals surface area contributed by atoms with Gasteiger partial charge in [0.25, 0.3) is 0 Å². The van der Waals surface area contributed by atoms with Crippen molar-refractivity contribution in [2.75, 3.05) is 13.2 Å². The van der Waals surface area contributed by atoms with Gasteiger partial charge >= 0.3 is 11.9 Å². The van der Waals surface area contributed by atoms with Crippen LogP contribution in [0.4, 0.5) is 0 Å². The molecule has 1 N–H and O–H groups in total. The second-order valence-corrected chi connectivity index (χ2v) is 27.5. The molecule has 0 aliphatic carbocycles. The van der Waals surface area contributed by atoms with Crippen LogP contribution in [-0.4, -0.2) is 36.4 Å². The summed E-state index contributed by atoms with van der Waals surface area (Å²) in [5, 5.41) is 9.73. The number of unbranched alkanes of at least 4 members (excludes halogenated alkanes) is 60. The van der Waals surface area contributed by atoms with Gasteiger partial charge in [-0.25, -0.2) is 0 Å². The molecule has 0 rings (SSSR count). The van der Waals surface area contributed by atoms with Gasteiger partial charge < -0.3 is 14.6 Å². The van der Waals surface area contributed by atoms with Crippen LogP contribution in [0.2, 0.25) is 0 Å². The van der Waals surface area contributed by atoms with Crippen LogP contribution < -0.4 is 0 Å². The van der Waals surface area contributed by atoms with Gasteiger partial charge in [0, 0.05) is 12.8 Å². The third-order valence-corrected chi connectivity index (χ3v) is 18.6. The van der Waals surface area contributed by atoms with Gasteiger partial charge in [0.15, 0.2) is 6.10 Å². The van der Waals surface area contributed by atoms with Gasteiger partial charge in [0.05, 0.1) is 6.61 Å². The summed E-state index contributed by atoms with van der Waals surface area (Å²) in [6, 6.07) is 0. The van der Waals surface area contributed by atoms with Crippen molar-refractivity contribution in [1.29, 1.82) is 0 Å². The molecule has 0 spiro atoms. The second kappa shape index (κ2) is 79.1. The van der Waals surface area contributed by atoms with E-state index in [9.17, 15) is 14.7 Å². The summed E-state index contributed by atoms with van der Waals surface area (Å²) in [6.45, 7) is 4.20. The molecular formula is C83H156O5. The first kappa shape index (κ1) is 85.9. The number of carbonyl (C=O) groups excluding carboxylic acids is 2. The molecule has 0 saturated heterocycles. The lowest BCUT2D eigenvalue weighted by atomic mass is 10.0. The lowest BCUT2D eigenvalue weighted by Gasteiger charge is -2.15. The Kier molecular flexibility index (Phi) is 77.2. The average molecular weight is 1230 g/mol. The fraction of sp³-hybridized carbons (Fsp3) is 0.880. The normalized spacial score (nSPS) is 12.4. The van der Waals surface area contributed by atoms with Gasteiger partial charge in [0.1, 0.15) is 6.61 Å². The first-order chi connectivity index (χ1) is 43.6. The molecule has 0 aromatic rings. The molecule has 0 fully saturated rings. The van der Waals surface area contributed by atoms with E-state index >= 15 is 0 Å². The number of carbonyl (C=O) groups is 2. The monoisotopic (exact) mass is 1230 g/mol. The third kappa shape index (κ3) is 76.3. The maximum atomic E-state index is 12.4. The number of aliphatic hydroxyl groups is 1. The zero-order valence-corrected chi connectivity index (χ0v) is 59.8. The molecule has 0 bridgehead atoms. The van der Waals surface area contributed by atoms with Gasteiger partial charge in [-0.15, -0.1) is 0 Å². The third-order valence-electron chi connectivity index (χ3n) is 18.6. The number of esters is 2. The van der Waals surface area contributed by atoms with Gasteiger partial charge in [-0.1, -0.05) is 409 Å². The predicted molar refractivity (Wildman–Crippen MR) is 390 cm³/mol. The molecular weight excluding hydrogens is 1080 g/mol. The minimum Gasteiger partial charge on any atom is -0.462 e. The molecule has 5 heteroatoms. The van der Waals surface area contributed by atoms with Crippen LogP contribution in [0.5, 0.6) is 0 Å². The molecule has 5 nitrogen and oxygen atoms in total. The smallest absolute Gasteiger partial charge is 0.306 e. The van der Waals surface area contributed by atoms with E-state index in [4.69, 9.17) is 9.47 Å². The first-order valence-corrected chi connectivity index (χ1v) is 40.2. The van der Waals surface area contributed by atoms with Crippen molar-refractivity contribution >= 4 is 11.9 Å². The van der Waals surface area contributed by atoms with Crippen LogP contribution in [0.25, 0.3) is 0 Å². The molecule has 0 aliphatic rings. The van der Waals surface area contributed by atoms with Crippen molar-refractivity contribution in [2.45, 2.75) is 457 Å². The van der Waals surface area contributed by atoms with Gasteiger partial charge in [0.2, 0.25) is 0 Å². The van der Waals surface area contributed by atoms with E-state index in [0.717, 1.165) is 44.9 Å². The van der Waals surface area contributed by atoms with Gasteiger partial charge in [-0.05, 0) is 77.0 Å². The Morgan fingerprint density at radius 1 is 0.261 bits per heavy atom. The molecule has 1 atom stereocenters. The van der Waals surface area contributed by atoms with E-state index in [1.807, 2.05) is 0 Å². The van der Waals surface area contributed by atoms with Crippen molar-refractivity contribution < 1.29 is 24.2 Å².